The van der Waals surface area contributed by atoms with Crippen molar-refractivity contribution in [3.63, 3.8) is 0 Å². The van der Waals surface area contributed by atoms with Gasteiger partial charge in [-0.15, -0.1) is 0 Å². The van der Waals surface area contributed by atoms with Crippen LogP contribution in [0.1, 0.15) is 44.9 Å². The van der Waals surface area contributed by atoms with Crippen molar-refractivity contribution in [2.45, 2.75) is 50.5 Å². The van der Waals surface area contributed by atoms with Crippen LogP contribution in [0.4, 0.5) is 0 Å². The van der Waals surface area contributed by atoms with Crippen LogP contribution in [0.3, 0.4) is 0 Å². The lowest BCUT2D eigenvalue weighted by atomic mass is 9.89. The SMILES string of the molecule is NC(=O)C1(OC(=O)C2CCCCC2)CC1. The average Bonchev–Trinajstić information content (AvgIpc) is 3.00. The van der Waals surface area contributed by atoms with E-state index in [0.29, 0.717) is 12.8 Å². The van der Waals surface area contributed by atoms with E-state index in [1.165, 1.54) is 6.42 Å². The Morgan fingerprint density at radius 1 is 1.13 bits per heavy atom. The highest BCUT2D eigenvalue weighted by molar-refractivity contribution is 5.89. The molecule has 84 valence electrons. The summed E-state index contributed by atoms with van der Waals surface area (Å²) in [7, 11) is 0. The number of hydrogen-bond donors (Lipinski definition) is 1. The molecule has 2 saturated carbocycles. The summed E-state index contributed by atoms with van der Waals surface area (Å²) < 4.78 is 5.24. The maximum atomic E-state index is 11.7. The number of primary amides is 1. The van der Waals surface area contributed by atoms with Gasteiger partial charge in [-0.1, -0.05) is 19.3 Å². The van der Waals surface area contributed by atoms with Crippen LogP contribution in [0.15, 0.2) is 0 Å². The summed E-state index contributed by atoms with van der Waals surface area (Å²) in [5, 5.41) is 0. The molecule has 0 aromatic heterocycles. The fourth-order valence-electron chi connectivity index (χ4n) is 2.13. The third-order valence-electron chi connectivity index (χ3n) is 3.39. The van der Waals surface area contributed by atoms with Gasteiger partial charge in [0.25, 0.3) is 5.91 Å². The van der Waals surface area contributed by atoms with Crippen LogP contribution in [0.25, 0.3) is 0 Å². The van der Waals surface area contributed by atoms with Crippen molar-refractivity contribution in [2.24, 2.45) is 11.7 Å². The summed E-state index contributed by atoms with van der Waals surface area (Å²) in [4.78, 5) is 22.8. The Morgan fingerprint density at radius 3 is 2.20 bits per heavy atom. The number of ether oxygens (including phenoxy) is 1. The Bertz CT molecular complexity index is 278. The van der Waals surface area contributed by atoms with Crippen molar-refractivity contribution in [3.8, 4) is 0 Å². The van der Waals surface area contributed by atoms with E-state index in [2.05, 4.69) is 0 Å². The Morgan fingerprint density at radius 2 is 1.73 bits per heavy atom. The summed E-state index contributed by atoms with van der Waals surface area (Å²) in [6.45, 7) is 0. The average molecular weight is 211 g/mol. The number of esters is 1. The fourth-order valence-corrected chi connectivity index (χ4v) is 2.13. The van der Waals surface area contributed by atoms with Gasteiger partial charge in [0.05, 0.1) is 5.92 Å². The van der Waals surface area contributed by atoms with Gasteiger partial charge in [0, 0.05) is 12.8 Å². The van der Waals surface area contributed by atoms with E-state index in [-0.39, 0.29) is 11.9 Å². The number of nitrogens with two attached hydrogens (primary N) is 1. The van der Waals surface area contributed by atoms with E-state index >= 15 is 0 Å². The molecule has 4 heteroatoms. The minimum absolute atomic E-state index is 0.00410. The fraction of sp³-hybridized carbons (Fsp3) is 0.818. The van der Waals surface area contributed by atoms with Crippen LogP contribution < -0.4 is 5.73 Å². The highest BCUT2D eigenvalue weighted by Gasteiger charge is 2.53. The van der Waals surface area contributed by atoms with E-state index in [9.17, 15) is 9.59 Å². The number of carbonyl (C=O) groups excluding carboxylic acids is 2. The highest BCUT2D eigenvalue weighted by Crippen LogP contribution is 2.40. The molecule has 4 nitrogen and oxygen atoms in total. The second kappa shape index (κ2) is 3.83. The van der Waals surface area contributed by atoms with E-state index in [0.717, 1.165) is 25.7 Å². The maximum Gasteiger partial charge on any atom is 0.309 e. The largest absolute Gasteiger partial charge is 0.449 e. The van der Waals surface area contributed by atoms with Crippen molar-refractivity contribution >= 4 is 11.9 Å². The van der Waals surface area contributed by atoms with E-state index in [1.54, 1.807) is 0 Å². The molecule has 0 radical (unpaired) electrons. The molecule has 0 saturated heterocycles. The van der Waals surface area contributed by atoms with Crippen LogP contribution in [0.5, 0.6) is 0 Å². The van der Waals surface area contributed by atoms with Gasteiger partial charge >= 0.3 is 5.97 Å². The molecule has 2 aliphatic carbocycles. The third kappa shape index (κ3) is 2.13. The van der Waals surface area contributed by atoms with E-state index < -0.39 is 11.5 Å². The lowest BCUT2D eigenvalue weighted by Gasteiger charge is -2.22. The van der Waals surface area contributed by atoms with Crippen LogP contribution >= 0.6 is 0 Å². The molecule has 0 aliphatic heterocycles. The zero-order valence-corrected chi connectivity index (χ0v) is 8.83. The second-order valence-corrected chi connectivity index (χ2v) is 4.61. The summed E-state index contributed by atoms with van der Waals surface area (Å²) in [5.74, 6) is -0.715. The van der Waals surface area contributed by atoms with Crippen molar-refractivity contribution in [2.75, 3.05) is 0 Å². The molecule has 0 unspecified atom stereocenters. The van der Waals surface area contributed by atoms with Crippen molar-refractivity contribution in [3.05, 3.63) is 0 Å². The molecule has 2 aliphatic rings. The number of carbonyl (C=O) groups is 2. The molecule has 2 fully saturated rings. The predicted molar refractivity (Wildman–Crippen MR) is 53.8 cm³/mol. The van der Waals surface area contributed by atoms with Gasteiger partial charge in [-0.25, -0.2) is 0 Å². The number of hydrogen-bond acceptors (Lipinski definition) is 3. The molecule has 0 atom stereocenters. The molecular weight excluding hydrogens is 194 g/mol. The van der Waals surface area contributed by atoms with E-state index in [4.69, 9.17) is 10.5 Å². The molecule has 2 N–H and O–H groups in total. The zero-order chi connectivity index (χ0) is 10.9. The summed E-state index contributed by atoms with van der Waals surface area (Å²) >= 11 is 0. The summed E-state index contributed by atoms with van der Waals surface area (Å²) in [6, 6.07) is 0. The topological polar surface area (TPSA) is 69.4 Å². The second-order valence-electron chi connectivity index (χ2n) is 4.61. The van der Waals surface area contributed by atoms with Crippen LogP contribution in [0.2, 0.25) is 0 Å². The normalized spacial score (nSPS) is 24.5. The first kappa shape index (κ1) is 10.5. The molecule has 15 heavy (non-hydrogen) atoms. The minimum Gasteiger partial charge on any atom is -0.449 e. The number of rotatable bonds is 3. The molecule has 1 amide bonds. The quantitative estimate of drug-likeness (QED) is 0.711. The van der Waals surface area contributed by atoms with E-state index in [1.807, 2.05) is 0 Å². The van der Waals surface area contributed by atoms with Crippen LogP contribution in [-0.4, -0.2) is 17.5 Å². The lowest BCUT2D eigenvalue weighted by Crippen LogP contribution is -2.37. The monoisotopic (exact) mass is 211 g/mol. The van der Waals surface area contributed by atoms with Gasteiger partial charge in [-0.2, -0.15) is 0 Å². The van der Waals surface area contributed by atoms with Crippen molar-refractivity contribution in [1.82, 2.24) is 0 Å². The Kier molecular flexibility index (Phi) is 2.67. The predicted octanol–water partition coefficient (Wildman–Crippen LogP) is 1.13. The Hall–Kier alpha value is -1.06. The standard InChI is InChI=1S/C11H17NO3/c12-10(14)11(6-7-11)15-9(13)8-4-2-1-3-5-8/h8H,1-7H2,(H2,12,14). The molecular formula is C11H17NO3. The maximum absolute atomic E-state index is 11.7. The molecule has 0 heterocycles. The first-order chi connectivity index (χ1) is 7.14. The zero-order valence-electron chi connectivity index (χ0n) is 8.83. The minimum atomic E-state index is -0.936. The molecule has 0 aromatic rings. The molecule has 0 bridgehead atoms. The van der Waals surface area contributed by atoms with Gasteiger partial charge in [-0.3, -0.25) is 9.59 Å². The summed E-state index contributed by atoms with van der Waals surface area (Å²) in [6.07, 6.45) is 6.36. The first-order valence-corrected chi connectivity index (χ1v) is 5.67. The smallest absolute Gasteiger partial charge is 0.309 e. The first-order valence-electron chi connectivity index (χ1n) is 5.67. The molecule has 2 rings (SSSR count). The van der Waals surface area contributed by atoms with Crippen LogP contribution in [0, 0.1) is 5.92 Å². The van der Waals surface area contributed by atoms with Gasteiger partial charge in [0.15, 0.2) is 5.60 Å². The molecule has 0 aromatic carbocycles. The third-order valence-corrected chi connectivity index (χ3v) is 3.39. The van der Waals surface area contributed by atoms with Crippen LogP contribution in [-0.2, 0) is 14.3 Å². The molecule has 0 spiro atoms. The lowest BCUT2D eigenvalue weighted by molar-refractivity contribution is -0.162. The Balaban J connectivity index is 1.89. The Labute approximate surface area is 89.2 Å². The highest BCUT2D eigenvalue weighted by atomic mass is 16.6. The number of amides is 1. The van der Waals surface area contributed by atoms with Gasteiger partial charge in [0.2, 0.25) is 0 Å². The van der Waals surface area contributed by atoms with Gasteiger partial charge in [-0.05, 0) is 12.8 Å². The van der Waals surface area contributed by atoms with Crippen molar-refractivity contribution < 1.29 is 14.3 Å². The summed E-state index contributed by atoms with van der Waals surface area (Å²) in [5.41, 5.74) is 4.26. The van der Waals surface area contributed by atoms with Gasteiger partial charge in [0.1, 0.15) is 0 Å². The van der Waals surface area contributed by atoms with Gasteiger partial charge < -0.3 is 10.5 Å². The van der Waals surface area contributed by atoms with Crippen molar-refractivity contribution in [1.29, 1.82) is 0 Å².